The highest BCUT2D eigenvalue weighted by atomic mass is 16.5. The van der Waals surface area contributed by atoms with Crippen molar-refractivity contribution < 1.29 is 9.47 Å². The summed E-state index contributed by atoms with van der Waals surface area (Å²) in [7, 11) is 1.75. The molecule has 3 unspecified atom stereocenters. The van der Waals surface area contributed by atoms with Gasteiger partial charge in [-0.15, -0.1) is 0 Å². The van der Waals surface area contributed by atoms with Gasteiger partial charge in [-0.1, -0.05) is 6.42 Å². The van der Waals surface area contributed by atoms with Crippen LogP contribution in [-0.4, -0.2) is 52.1 Å². The van der Waals surface area contributed by atoms with Gasteiger partial charge in [-0.2, -0.15) is 0 Å². The number of hydrogen-bond acceptors (Lipinski definition) is 4. The summed E-state index contributed by atoms with van der Waals surface area (Å²) >= 11 is 0. The van der Waals surface area contributed by atoms with Gasteiger partial charge in [0.1, 0.15) is 0 Å². The summed E-state index contributed by atoms with van der Waals surface area (Å²) in [6, 6.07) is 1.20. The molecule has 4 heteroatoms. The molecule has 0 amide bonds. The molecule has 4 nitrogen and oxygen atoms in total. The summed E-state index contributed by atoms with van der Waals surface area (Å²) in [4.78, 5) is 0. The maximum atomic E-state index is 5.55. The summed E-state index contributed by atoms with van der Waals surface area (Å²) in [5, 5.41) is 7.19. The van der Waals surface area contributed by atoms with Gasteiger partial charge in [0, 0.05) is 32.3 Å². The lowest BCUT2D eigenvalue weighted by Crippen LogP contribution is -2.51. The topological polar surface area (TPSA) is 42.5 Å². The minimum Gasteiger partial charge on any atom is -0.383 e. The van der Waals surface area contributed by atoms with E-state index in [9.17, 15) is 0 Å². The van der Waals surface area contributed by atoms with Gasteiger partial charge in [0.25, 0.3) is 0 Å². The number of nitrogens with one attached hydrogen (secondary N) is 2. The fraction of sp³-hybridized carbons (Fsp3) is 1.00. The van der Waals surface area contributed by atoms with Crippen LogP contribution in [-0.2, 0) is 9.47 Å². The Labute approximate surface area is 98.1 Å². The first-order chi connectivity index (χ1) is 7.92. The third-order valence-corrected chi connectivity index (χ3v) is 3.75. The predicted octanol–water partition coefficient (Wildman–Crippen LogP) is 0.380. The standard InChI is InChI=1S/C12H24N2O2/c1-15-7-5-13-11-4-2-3-10(11)12-9-16-8-6-14-12/h10-14H,2-9H2,1H3. The lowest BCUT2D eigenvalue weighted by atomic mass is 9.94. The van der Waals surface area contributed by atoms with Crippen LogP contribution in [0.5, 0.6) is 0 Å². The third-order valence-electron chi connectivity index (χ3n) is 3.75. The molecule has 1 saturated heterocycles. The normalized spacial score (nSPS) is 35.4. The Morgan fingerprint density at radius 3 is 3.12 bits per heavy atom. The second-order valence-electron chi connectivity index (χ2n) is 4.78. The van der Waals surface area contributed by atoms with Crippen molar-refractivity contribution >= 4 is 0 Å². The van der Waals surface area contributed by atoms with E-state index in [2.05, 4.69) is 10.6 Å². The molecule has 2 fully saturated rings. The van der Waals surface area contributed by atoms with Crippen LogP contribution in [0.25, 0.3) is 0 Å². The zero-order valence-corrected chi connectivity index (χ0v) is 10.2. The Bertz CT molecular complexity index is 195. The molecule has 2 rings (SSSR count). The summed E-state index contributed by atoms with van der Waals surface area (Å²) in [5.74, 6) is 0.733. The molecular weight excluding hydrogens is 204 g/mol. The lowest BCUT2D eigenvalue weighted by Gasteiger charge is -2.33. The Hall–Kier alpha value is -0.160. The first kappa shape index (κ1) is 12.3. The fourth-order valence-electron chi connectivity index (χ4n) is 2.93. The number of morpholine rings is 1. The average molecular weight is 228 g/mol. The zero-order chi connectivity index (χ0) is 11.2. The fourth-order valence-corrected chi connectivity index (χ4v) is 2.93. The van der Waals surface area contributed by atoms with Crippen LogP contribution in [0.1, 0.15) is 19.3 Å². The maximum Gasteiger partial charge on any atom is 0.0623 e. The van der Waals surface area contributed by atoms with Crippen molar-refractivity contribution in [3.8, 4) is 0 Å². The van der Waals surface area contributed by atoms with Gasteiger partial charge in [-0.3, -0.25) is 0 Å². The van der Waals surface area contributed by atoms with Crippen LogP contribution in [0, 0.1) is 5.92 Å². The summed E-state index contributed by atoms with van der Waals surface area (Å²) in [5.41, 5.74) is 0. The van der Waals surface area contributed by atoms with Crippen molar-refractivity contribution in [1.29, 1.82) is 0 Å². The summed E-state index contributed by atoms with van der Waals surface area (Å²) in [6.07, 6.45) is 3.96. The maximum absolute atomic E-state index is 5.55. The van der Waals surface area contributed by atoms with E-state index < -0.39 is 0 Å². The van der Waals surface area contributed by atoms with Gasteiger partial charge in [0.15, 0.2) is 0 Å². The van der Waals surface area contributed by atoms with Crippen LogP contribution in [0.4, 0.5) is 0 Å². The zero-order valence-electron chi connectivity index (χ0n) is 10.2. The van der Waals surface area contributed by atoms with Crippen molar-refractivity contribution in [1.82, 2.24) is 10.6 Å². The molecule has 3 atom stereocenters. The van der Waals surface area contributed by atoms with E-state index in [0.29, 0.717) is 12.1 Å². The second kappa shape index (κ2) is 6.55. The average Bonchev–Trinajstić information content (AvgIpc) is 2.79. The molecule has 94 valence electrons. The Balaban J connectivity index is 1.77. The van der Waals surface area contributed by atoms with Crippen LogP contribution in [0.3, 0.4) is 0 Å². The molecule has 2 aliphatic rings. The molecule has 1 aliphatic heterocycles. The van der Waals surface area contributed by atoms with Gasteiger partial charge in [0.05, 0.1) is 19.8 Å². The molecule has 16 heavy (non-hydrogen) atoms. The molecule has 1 heterocycles. The van der Waals surface area contributed by atoms with E-state index in [0.717, 1.165) is 38.8 Å². The highest BCUT2D eigenvalue weighted by Gasteiger charge is 2.34. The first-order valence-corrected chi connectivity index (χ1v) is 6.45. The van der Waals surface area contributed by atoms with E-state index in [1.54, 1.807) is 7.11 Å². The van der Waals surface area contributed by atoms with E-state index in [4.69, 9.17) is 9.47 Å². The molecule has 0 aromatic heterocycles. The van der Waals surface area contributed by atoms with E-state index in [1.807, 2.05) is 0 Å². The van der Waals surface area contributed by atoms with Crippen molar-refractivity contribution in [3.63, 3.8) is 0 Å². The van der Waals surface area contributed by atoms with Gasteiger partial charge >= 0.3 is 0 Å². The molecule has 0 aromatic carbocycles. The van der Waals surface area contributed by atoms with E-state index in [-0.39, 0.29) is 0 Å². The molecule has 1 saturated carbocycles. The highest BCUT2D eigenvalue weighted by molar-refractivity contribution is 4.91. The quantitative estimate of drug-likeness (QED) is 0.668. The minimum absolute atomic E-state index is 0.552. The van der Waals surface area contributed by atoms with Gasteiger partial charge in [-0.05, 0) is 18.8 Å². The highest BCUT2D eigenvalue weighted by Crippen LogP contribution is 2.29. The minimum atomic E-state index is 0.552. The Kier molecular flexibility index (Phi) is 5.03. The number of ether oxygens (including phenoxy) is 2. The van der Waals surface area contributed by atoms with Crippen LogP contribution < -0.4 is 10.6 Å². The number of methoxy groups -OCH3 is 1. The van der Waals surface area contributed by atoms with Crippen molar-refractivity contribution in [2.75, 3.05) is 40.0 Å². The largest absolute Gasteiger partial charge is 0.383 e. The van der Waals surface area contributed by atoms with Gasteiger partial charge in [0.2, 0.25) is 0 Å². The first-order valence-electron chi connectivity index (χ1n) is 6.45. The molecule has 2 N–H and O–H groups in total. The SMILES string of the molecule is COCCNC1CCCC1C1COCCN1. The van der Waals surface area contributed by atoms with Crippen LogP contribution >= 0.6 is 0 Å². The van der Waals surface area contributed by atoms with Crippen molar-refractivity contribution in [2.24, 2.45) is 5.92 Å². The summed E-state index contributed by atoms with van der Waals surface area (Å²) < 4.78 is 10.6. The second-order valence-corrected chi connectivity index (χ2v) is 4.78. The van der Waals surface area contributed by atoms with Gasteiger partial charge in [-0.25, -0.2) is 0 Å². The Morgan fingerprint density at radius 2 is 2.38 bits per heavy atom. The molecule has 0 radical (unpaired) electrons. The molecular formula is C12H24N2O2. The lowest BCUT2D eigenvalue weighted by molar-refractivity contribution is 0.0520. The molecule has 0 aromatic rings. The predicted molar refractivity (Wildman–Crippen MR) is 63.6 cm³/mol. The molecule has 0 bridgehead atoms. The third kappa shape index (κ3) is 3.17. The monoisotopic (exact) mass is 228 g/mol. The molecule has 1 aliphatic carbocycles. The molecule has 0 spiro atoms. The van der Waals surface area contributed by atoms with Gasteiger partial charge < -0.3 is 20.1 Å². The van der Waals surface area contributed by atoms with Crippen LogP contribution in [0.2, 0.25) is 0 Å². The smallest absolute Gasteiger partial charge is 0.0623 e. The van der Waals surface area contributed by atoms with E-state index >= 15 is 0 Å². The Morgan fingerprint density at radius 1 is 1.44 bits per heavy atom. The summed E-state index contributed by atoms with van der Waals surface area (Å²) in [6.45, 7) is 4.52. The van der Waals surface area contributed by atoms with E-state index in [1.165, 1.54) is 19.3 Å². The van der Waals surface area contributed by atoms with Crippen LogP contribution in [0.15, 0.2) is 0 Å². The van der Waals surface area contributed by atoms with Crippen molar-refractivity contribution in [3.05, 3.63) is 0 Å². The number of hydrogen-bond donors (Lipinski definition) is 2. The van der Waals surface area contributed by atoms with Crippen molar-refractivity contribution in [2.45, 2.75) is 31.3 Å². The number of rotatable bonds is 5.